The summed E-state index contributed by atoms with van der Waals surface area (Å²) in [6.07, 6.45) is 2.97. The first-order valence-electron chi connectivity index (χ1n) is 6.47. The summed E-state index contributed by atoms with van der Waals surface area (Å²) in [6, 6.07) is 10.4. The second-order valence-electron chi connectivity index (χ2n) is 4.35. The molecule has 0 aliphatic heterocycles. The lowest BCUT2D eigenvalue weighted by Crippen LogP contribution is -2.14. The average Bonchev–Trinajstić information content (AvgIpc) is 2.44. The van der Waals surface area contributed by atoms with Crippen molar-refractivity contribution in [3.05, 3.63) is 51.0 Å². The number of nitrogens with zero attached hydrogens (tertiary/aromatic N) is 1. The fourth-order valence-corrected chi connectivity index (χ4v) is 3.23. The van der Waals surface area contributed by atoms with Crippen LogP contribution in [0.1, 0.15) is 18.9 Å². The molecule has 1 aromatic carbocycles. The van der Waals surface area contributed by atoms with E-state index >= 15 is 0 Å². The fourth-order valence-electron chi connectivity index (χ4n) is 1.72. The van der Waals surface area contributed by atoms with E-state index < -0.39 is 0 Å². The fraction of sp³-hybridized carbons (Fsp3) is 0.267. The lowest BCUT2D eigenvalue weighted by Gasteiger charge is -2.10. The zero-order valence-electron chi connectivity index (χ0n) is 11.2. The minimum atomic E-state index is 0.881. The van der Waals surface area contributed by atoms with Crippen molar-refractivity contribution in [2.24, 2.45) is 0 Å². The van der Waals surface area contributed by atoms with Crippen LogP contribution in [0.5, 0.6) is 0 Å². The SMILES string of the molecule is CCCNCc1cc(Br)ccc1Sc1ccc(Br)cn1. The minimum Gasteiger partial charge on any atom is -0.313 e. The van der Waals surface area contributed by atoms with Crippen LogP contribution in [0.4, 0.5) is 0 Å². The van der Waals surface area contributed by atoms with Gasteiger partial charge in [-0.05, 0) is 64.8 Å². The summed E-state index contributed by atoms with van der Waals surface area (Å²) < 4.78 is 2.11. The van der Waals surface area contributed by atoms with E-state index in [1.54, 1.807) is 11.8 Å². The molecular formula is C15H16Br2N2S. The van der Waals surface area contributed by atoms with Crippen molar-refractivity contribution in [3.8, 4) is 0 Å². The van der Waals surface area contributed by atoms with Crippen molar-refractivity contribution >= 4 is 43.6 Å². The van der Waals surface area contributed by atoms with E-state index in [0.717, 1.165) is 33.5 Å². The Balaban J connectivity index is 2.15. The first-order chi connectivity index (χ1) is 9.69. The summed E-state index contributed by atoms with van der Waals surface area (Å²) in [4.78, 5) is 5.66. The molecular weight excluding hydrogens is 400 g/mol. The number of nitrogens with one attached hydrogen (secondary N) is 1. The molecule has 106 valence electrons. The van der Waals surface area contributed by atoms with Gasteiger partial charge in [0.2, 0.25) is 0 Å². The molecule has 0 radical (unpaired) electrons. The van der Waals surface area contributed by atoms with E-state index in [0.29, 0.717) is 0 Å². The average molecular weight is 416 g/mol. The van der Waals surface area contributed by atoms with Crippen molar-refractivity contribution in [2.75, 3.05) is 6.54 Å². The molecule has 0 fully saturated rings. The lowest BCUT2D eigenvalue weighted by molar-refractivity contribution is 0.669. The van der Waals surface area contributed by atoms with E-state index in [9.17, 15) is 0 Å². The van der Waals surface area contributed by atoms with Crippen LogP contribution < -0.4 is 5.32 Å². The summed E-state index contributed by atoms with van der Waals surface area (Å²) >= 11 is 8.65. The van der Waals surface area contributed by atoms with Crippen molar-refractivity contribution in [1.82, 2.24) is 10.3 Å². The molecule has 0 amide bonds. The molecule has 0 spiro atoms. The van der Waals surface area contributed by atoms with Crippen LogP contribution in [0, 0.1) is 0 Å². The van der Waals surface area contributed by atoms with Gasteiger partial charge in [0, 0.05) is 26.6 Å². The number of benzene rings is 1. The molecule has 1 aromatic heterocycles. The molecule has 0 unspecified atom stereocenters. The summed E-state index contributed by atoms with van der Waals surface area (Å²) in [5.74, 6) is 0. The second-order valence-corrected chi connectivity index (χ2v) is 7.24. The molecule has 2 aromatic rings. The molecule has 1 heterocycles. The summed E-state index contributed by atoms with van der Waals surface area (Å²) in [7, 11) is 0. The molecule has 0 aliphatic carbocycles. The van der Waals surface area contributed by atoms with E-state index in [1.165, 1.54) is 10.5 Å². The van der Waals surface area contributed by atoms with Gasteiger partial charge in [-0.15, -0.1) is 0 Å². The van der Waals surface area contributed by atoms with E-state index in [2.05, 4.69) is 67.3 Å². The van der Waals surface area contributed by atoms with E-state index in [-0.39, 0.29) is 0 Å². The van der Waals surface area contributed by atoms with Gasteiger partial charge in [-0.3, -0.25) is 0 Å². The third kappa shape index (κ3) is 4.88. The summed E-state index contributed by atoms with van der Waals surface area (Å²) in [6.45, 7) is 4.09. The highest BCUT2D eigenvalue weighted by atomic mass is 79.9. The number of hydrogen-bond donors (Lipinski definition) is 1. The van der Waals surface area contributed by atoms with Gasteiger partial charge in [0.25, 0.3) is 0 Å². The Labute approximate surface area is 141 Å². The maximum absolute atomic E-state index is 4.42. The van der Waals surface area contributed by atoms with Gasteiger partial charge in [-0.25, -0.2) is 4.98 Å². The van der Waals surface area contributed by atoms with Crippen LogP contribution >= 0.6 is 43.6 Å². The number of pyridine rings is 1. The third-order valence-electron chi connectivity index (χ3n) is 2.68. The first-order valence-corrected chi connectivity index (χ1v) is 8.88. The molecule has 0 bridgehead atoms. The van der Waals surface area contributed by atoms with Gasteiger partial charge < -0.3 is 5.32 Å². The van der Waals surface area contributed by atoms with Gasteiger partial charge in [0.05, 0.1) is 0 Å². The Morgan fingerprint density at radius 1 is 1.15 bits per heavy atom. The summed E-state index contributed by atoms with van der Waals surface area (Å²) in [5.41, 5.74) is 1.29. The van der Waals surface area contributed by atoms with Crippen molar-refractivity contribution in [3.63, 3.8) is 0 Å². The maximum atomic E-state index is 4.42. The first kappa shape index (κ1) is 16.0. The van der Waals surface area contributed by atoms with Crippen LogP contribution in [0.15, 0.2) is 55.4 Å². The number of rotatable bonds is 6. The highest BCUT2D eigenvalue weighted by Crippen LogP contribution is 2.31. The Hall–Kier alpha value is -0.360. The minimum absolute atomic E-state index is 0.881. The largest absolute Gasteiger partial charge is 0.313 e. The van der Waals surface area contributed by atoms with E-state index in [1.807, 2.05) is 18.3 Å². The van der Waals surface area contributed by atoms with Crippen LogP contribution in [0.3, 0.4) is 0 Å². The van der Waals surface area contributed by atoms with E-state index in [4.69, 9.17) is 0 Å². The topological polar surface area (TPSA) is 24.9 Å². The zero-order chi connectivity index (χ0) is 14.4. The molecule has 2 rings (SSSR count). The number of halogens is 2. The molecule has 5 heteroatoms. The van der Waals surface area contributed by atoms with Gasteiger partial charge >= 0.3 is 0 Å². The second kappa shape index (κ2) is 8.17. The van der Waals surface area contributed by atoms with Gasteiger partial charge in [-0.1, -0.05) is 34.6 Å². The number of hydrogen-bond acceptors (Lipinski definition) is 3. The van der Waals surface area contributed by atoms with Gasteiger partial charge in [0.1, 0.15) is 5.03 Å². The Morgan fingerprint density at radius 2 is 1.95 bits per heavy atom. The molecule has 1 N–H and O–H groups in total. The molecule has 20 heavy (non-hydrogen) atoms. The predicted octanol–water partition coefficient (Wildman–Crippen LogP) is 5.26. The predicted molar refractivity (Wildman–Crippen MR) is 92.2 cm³/mol. The standard InChI is InChI=1S/C15H16Br2N2S/c1-2-7-18-9-11-8-12(16)3-5-14(11)20-15-6-4-13(17)10-19-15/h3-6,8,10,18H,2,7,9H2,1H3. The molecule has 0 atom stereocenters. The Morgan fingerprint density at radius 3 is 2.65 bits per heavy atom. The quantitative estimate of drug-likeness (QED) is 0.651. The normalized spacial score (nSPS) is 10.8. The van der Waals surface area contributed by atoms with Crippen molar-refractivity contribution < 1.29 is 0 Å². The van der Waals surface area contributed by atoms with Gasteiger partial charge in [-0.2, -0.15) is 0 Å². The van der Waals surface area contributed by atoms with Crippen molar-refractivity contribution in [2.45, 2.75) is 29.8 Å². The highest BCUT2D eigenvalue weighted by molar-refractivity contribution is 9.10. The van der Waals surface area contributed by atoms with Crippen molar-refractivity contribution in [1.29, 1.82) is 0 Å². The molecule has 0 saturated carbocycles. The smallest absolute Gasteiger partial charge is 0.101 e. The van der Waals surface area contributed by atoms with Crippen LogP contribution in [-0.2, 0) is 6.54 Å². The Kier molecular flexibility index (Phi) is 6.55. The van der Waals surface area contributed by atoms with Crippen LogP contribution in [-0.4, -0.2) is 11.5 Å². The summed E-state index contributed by atoms with van der Waals surface area (Å²) in [5, 5.41) is 4.46. The molecule has 0 saturated heterocycles. The highest BCUT2D eigenvalue weighted by Gasteiger charge is 2.06. The maximum Gasteiger partial charge on any atom is 0.101 e. The molecule has 2 nitrogen and oxygen atoms in total. The monoisotopic (exact) mass is 414 g/mol. The van der Waals surface area contributed by atoms with Gasteiger partial charge in [0.15, 0.2) is 0 Å². The molecule has 0 aliphatic rings. The Bertz CT molecular complexity index is 558. The number of aromatic nitrogens is 1. The van der Waals surface area contributed by atoms with Crippen LogP contribution in [0.2, 0.25) is 0 Å². The zero-order valence-corrected chi connectivity index (χ0v) is 15.2. The van der Waals surface area contributed by atoms with Crippen LogP contribution in [0.25, 0.3) is 0 Å². The third-order valence-corrected chi connectivity index (χ3v) is 4.71. The lowest BCUT2D eigenvalue weighted by atomic mass is 10.2.